The second-order valence-corrected chi connectivity index (χ2v) is 5.80. The van der Waals surface area contributed by atoms with Gasteiger partial charge in [0.1, 0.15) is 0 Å². The Kier molecular flexibility index (Phi) is 4.70. The molecule has 0 atom stereocenters. The molecule has 2 N–H and O–H groups in total. The molecule has 0 saturated carbocycles. The molecule has 118 valence electrons. The molecule has 2 heterocycles. The molecule has 6 heteroatoms. The molecule has 0 amide bonds. The lowest BCUT2D eigenvalue weighted by atomic mass is 10.1. The van der Waals surface area contributed by atoms with E-state index >= 15 is 0 Å². The van der Waals surface area contributed by atoms with Crippen LogP contribution in [-0.4, -0.2) is 35.2 Å². The first-order chi connectivity index (χ1) is 10.8. The van der Waals surface area contributed by atoms with Crippen LogP contribution >= 0.6 is 0 Å². The summed E-state index contributed by atoms with van der Waals surface area (Å²) in [6.07, 6.45) is 2.57. The summed E-state index contributed by atoms with van der Waals surface area (Å²) >= 11 is 0. The van der Waals surface area contributed by atoms with E-state index in [9.17, 15) is 0 Å². The second-order valence-electron chi connectivity index (χ2n) is 5.80. The number of nitrogens with two attached hydrogens (primary N) is 1. The monoisotopic (exact) mass is 301 g/mol. The lowest BCUT2D eigenvalue weighted by Crippen LogP contribution is -2.23. The third-order valence-corrected chi connectivity index (χ3v) is 3.97. The van der Waals surface area contributed by atoms with Crippen molar-refractivity contribution in [3.63, 3.8) is 0 Å². The van der Waals surface area contributed by atoms with Gasteiger partial charge in [-0.25, -0.2) is 0 Å². The summed E-state index contributed by atoms with van der Waals surface area (Å²) < 4.78 is 5.05. The standard InChI is InChI=1S/C16H23N5O/c1-20(12-15-18-16(10-17)22-19-15)11-13-6-2-3-7-14(13)21-8-4-5-9-21/h2-3,6-7H,4-5,8-12,17H2,1H3. The summed E-state index contributed by atoms with van der Waals surface area (Å²) in [5.41, 5.74) is 8.18. The van der Waals surface area contributed by atoms with Gasteiger partial charge in [-0.15, -0.1) is 0 Å². The fourth-order valence-corrected chi connectivity index (χ4v) is 2.94. The Morgan fingerprint density at radius 3 is 2.73 bits per heavy atom. The fourth-order valence-electron chi connectivity index (χ4n) is 2.94. The van der Waals surface area contributed by atoms with Crippen LogP contribution in [0.4, 0.5) is 5.69 Å². The number of aromatic nitrogens is 2. The lowest BCUT2D eigenvalue weighted by molar-refractivity contribution is 0.300. The number of rotatable bonds is 6. The summed E-state index contributed by atoms with van der Waals surface area (Å²) in [4.78, 5) is 8.93. The molecule has 1 aliphatic rings. The third kappa shape index (κ3) is 3.45. The summed E-state index contributed by atoms with van der Waals surface area (Å²) in [7, 11) is 2.07. The van der Waals surface area contributed by atoms with Crippen LogP contribution in [0.1, 0.15) is 30.1 Å². The summed E-state index contributed by atoms with van der Waals surface area (Å²) in [6.45, 7) is 4.11. The Bertz CT molecular complexity index is 606. The molecule has 0 aliphatic carbocycles. The molecule has 3 rings (SSSR count). The van der Waals surface area contributed by atoms with Crippen LogP contribution in [0.15, 0.2) is 28.8 Å². The second kappa shape index (κ2) is 6.89. The van der Waals surface area contributed by atoms with Gasteiger partial charge in [-0.05, 0) is 31.5 Å². The van der Waals surface area contributed by atoms with E-state index in [0.29, 0.717) is 18.3 Å². The number of hydrogen-bond acceptors (Lipinski definition) is 6. The average Bonchev–Trinajstić information content (AvgIpc) is 3.19. The predicted molar refractivity (Wildman–Crippen MR) is 85.2 cm³/mol. The molecule has 0 unspecified atom stereocenters. The molecule has 0 bridgehead atoms. The maximum absolute atomic E-state index is 5.49. The van der Waals surface area contributed by atoms with Crippen molar-refractivity contribution < 1.29 is 4.52 Å². The minimum atomic E-state index is 0.286. The normalized spacial score (nSPS) is 15.0. The Hall–Kier alpha value is -1.92. The Morgan fingerprint density at radius 1 is 1.23 bits per heavy atom. The van der Waals surface area contributed by atoms with Crippen LogP contribution in [0.3, 0.4) is 0 Å². The van der Waals surface area contributed by atoms with Gasteiger partial charge in [0.05, 0.1) is 13.1 Å². The molecule has 1 saturated heterocycles. The van der Waals surface area contributed by atoms with E-state index in [1.807, 2.05) is 0 Å². The van der Waals surface area contributed by atoms with Gasteiger partial charge < -0.3 is 15.2 Å². The molecular formula is C16H23N5O. The summed E-state index contributed by atoms with van der Waals surface area (Å²) in [5.74, 6) is 1.17. The quantitative estimate of drug-likeness (QED) is 0.876. The van der Waals surface area contributed by atoms with E-state index in [1.54, 1.807) is 0 Å². The zero-order chi connectivity index (χ0) is 15.4. The largest absolute Gasteiger partial charge is 0.371 e. The van der Waals surface area contributed by atoms with E-state index in [4.69, 9.17) is 10.3 Å². The third-order valence-electron chi connectivity index (χ3n) is 3.97. The van der Waals surface area contributed by atoms with Gasteiger partial charge in [0.2, 0.25) is 5.89 Å². The SMILES string of the molecule is CN(Cc1noc(CN)n1)Cc1ccccc1N1CCCC1. The van der Waals surface area contributed by atoms with E-state index in [0.717, 1.165) is 19.6 Å². The van der Waals surface area contributed by atoms with Crippen LogP contribution in [0.5, 0.6) is 0 Å². The molecular weight excluding hydrogens is 278 g/mol. The number of hydrogen-bond donors (Lipinski definition) is 1. The van der Waals surface area contributed by atoms with Crippen LogP contribution < -0.4 is 10.6 Å². The lowest BCUT2D eigenvalue weighted by Gasteiger charge is -2.23. The van der Waals surface area contributed by atoms with Gasteiger partial charge in [0.25, 0.3) is 0 Å². The highest BCUT2D eigenvalue weighted by molar-refractivity contribution is 5.54. The van der Waals surface area contributed by atoms with E-state index in [2.05, 4.69) is 51.3 Å². The average molecular weight is 301 g/mol. The highest BCUT2D eigenvalue weighted by Gasteiger charge is 2.16. The maximum Gasteiger partial charge on any atom is 0.240 e. The van der Waals surface area contributed by atoms with Crippen molar-refractivity contribution in [2.75, 3.05) is 25.0 Å². The molecule has 1 aromatic carbocycles. The van der Waals surface area contributed by atoms with Gasteiger partial charge in [-0.3, -0.25) is 4.90 Å². The van der Waals surface area contributed by atoms with Gasteiger partial charge in [-0.1, -0.05) is 23.4 Å². The highest BCUT2D eigenvalue weighted by Crippen LogP contribution is 2.25. The zero-order valence-electron chi connectivity index (χ0n) is 13.0. The van der Waals surface area contributed by atoms with Gasteiger partial charge in [0.15, 0.2) is 5.82 Å². The predicted octanol–water partition coefficient (Wildman–Crippen LogP) is 1.76. The number of para-hydroxylation sites is 1. The number of benzene rings is 1. The molecule has 0 radical (unpaired) electrons. The molecule has 22 heavy (non-hydrogen) atoms. The van der Waals surface area contributed by atoms with Crippen molar-refractivity contribution in [3.05, 3.63) is 41.5 Å². The van der Waals surface area contributed by atoms with Gasteiger partial charge >= 0.3 is 0 Å². The maximum atomic E-state index is 5.49. The van der Waals surface area contributed by atoms with Crippen molar-refractivity contribution in [1.82, 2.24) is 15.0 Å². The van der Waals surface area contributed by atoms with Crippen molar-refractivity contribution in [2.24, 2.45) is 5.73 Å². The Morgan fingerprint density at radius 2 is 2.00 bits per heavy atom. The summed E-state index contributed by atoms with van der Waals surface area (Å²) in [5, 5.41) is 3.95. The minimum absolute atomic E-state index is 0.286. The zero-order valence-corrected chi connectivity index (χ0v) is 13.0. The highest BCUT2D eigenvalue weighted by atomic mass is 16.5. The summed E-state index contributed by atoms with van der Waals surface area (Å²) in [6, 6.07) is 8.63. The van der Waals surface area contributed by atoms with Crippen LogP contribution in [0.2, 0.25) is 0 Å². The molecule has 0 spiro atoms. The molecule has 6 nitrogen and oxygen atoms in total. The first-order valence-corrected chi connectivity index (χ1v) is 7.79. The van der Waals surface area contributed by atoms with Crippen molar-refractivity contribution >= 4 is 5.69 Å². The molecule has 2 aromatic rings. The fraction of sp³-hybridized carbons (Fsp3) is 0.500. The van der Waals surface area contributed by atoms with Gasteiger partial charge in [-0.2, -0.15) is 4.98 Å². The van der Waals surface area contributed by atoms with Crippen molar-refractivity contribution in [1.29, 1.82) is 0 Å². The molecule has 1 fully saturated rings. The van der Waals surface area contributed by atoms with Crippen LogP contribution in [0.25, 0.3) is 0 Å². The number of anilines is 1. The number of nitrogens with zero attached hydrogens (tertiary/aromatic N) is 4. The topological polar surface area (TPSA) is 71.4 Å². The Labute approximate surface area is 130 Å². The van der Waals surface area contributed by atoms with E-state index in [1.165, 1.54) is 24.1 Å². The smallest absolute Gasteiger partial charge is 0.240 e. The first kappa shape index (κ1) is 15.0. The van der Waals surface area contributed by atoms with Crippen LogP contribution in [0, 0.1) is 0 Å². The van der Waals surface area contributed by atoms with E-state index < -0.39 is 0 Å². The Balaban J connectivity index is 1.67. The minimum Gasteiger partial charge on any atom is -0.371 e. The van der Waals surface area contributed by atoms with E-state index in [-0.39, 0.29) is 6.54 Å². The first-order valence-electron chi connectivity index (χ1n) is 7.79. The molecule has 1 aromatic heterocycles. The van der Waals surface area contributed by atoms with Gasteiger partial charge in [0, 0.05) is 25.3 Å². The van der Waals surface area contributed by atoms with Crippen LogP contribution in [-0.2, 0) is 19.6 Å². The molecule has 1 aliphatic heterocycles. The van der Waals surface area contributed by atoms with Crippen molar-refractivity contribution in [3.8, 4) is 0 Å². The van der Waals surface area contributed by atoms with Crippen molar-refractivity contribution in [2.45, 2.75) is 32.5 Å².